The second kappa shape index (κ2) is 4.85. The molecule has 1 heterocycles. The fourth-order valence-electron chi connectivity index (χ4n) is 2.45. The molecule has 0 radical (unpaired) electrons. The third kappa shape index (κ3) is 2.37. The van der Waals surface area contributed by atoms with Gasteiger partial charge in [0.1, 0.15) is 5.82 Å². The van der Waals surface area contributed by atoms with Crippen LogP contribution in [0.5, 0.6) is 0 Å². The van der Waals surface area contributed by atoms with E-state index in [1.807, 2.05) is 0 Å². The minimum atomic E-state index is -0.329. The van der Waals surface area contributed by atoms with Crippen molar-refractivity contribution in [3.63, 3.8) is 0 Å². The molecule has 1 aliphatic carbocycles. The van der Waals surface area contributed by atoms with Crippen LogP contribution < -0.4 is 5.73 Å². The highest BCUT2D eigenvalue weighted by atomic mass is 19.1. The lowest BCUT2D eigenvalue weighted by Gasteiger charge is -2.12. The molecule has 3 rings (SSSR count). The maximum Gasteiger partial charge on any atom is 0.182 e. The lowest BCUT2D eigenvalue weighted by molar-refractivity contribution is 0.402. The predicted octanol–water partition coefficient (Wildman–Crippen LogP) is 2.42. The molecular formula is C14H18FN5. The number of hydrogen-bond donors (Lipinski definition) is 1. The zero-order valence-corrected chi connectivity index (χ0v) is 11.7. The molecule has 0 amide bonds. The molecule has 1 aromatic heterocycles. The van der Waals surface area contributed by atoms with Crippen LogP contribution in [0, 0.1) is 24.6 Å². The van der Waals surface area contributed by atoms with Crippen molar-refractivity contribution in [2.45, 2.75) is 33.2 Å². The normalized spacial score (nSPS) is 16.4. The Labute approximate surface area is 117 Å². The Bertz CT molecular complexity index is 609. The van der Waals surface area contributed by atoms with Gasteiger partial charge in [-0.15, -0.1) is 5.10 Å². The van der Waals surface area contributed by atoms with Gasteiger partial charge in [-0.05, 0) is 54.2 Å². The van der Waals surface area contributed by atoms with Crippen molar-refractivity contribution >= 4 is 5.69 Å². The first kappa shape index (κ1) is 13.0. The number of aromatic nitrogens is 4. The Kier molecular flexibility index (Phi) is 3.16. The second-order valence-electron chi connectivity index (χ2n) is 5.67. The van der Waals surface area contributed by atoms with Crippen molar-refractivity contribution in [1.82, 2.24) is 20.2 Å². The highest BCUT2D eigenvalue weighted by molar-refractivity contribution is 5.63. The molecule has 0 saturated heterocycles. The second-order valence-corrected chi connectivity index (χ2v) is 5.67. The van der Waals surface area contributed by atoms with Crippen LogP contribution in [-0.4, -0.2) is 20.2 Å². The molecule has 2 aromatic rings. The number of nitrogen functional groups attached to an aromatic ring is 1. The van der Waals surface area contributed by atoms with Crippen molar-refractivity contribution in [2.24, 2.45) is 11.8 Å². The third-order valence-corrected chi connectivity index (χ3v) is 4.06. The van der Waals surface area contributed by atoms with Crippen molar-refractivity contribution in [3.05, 3.63) is 23.5 Å². The Morgan fingerprint density at radius 2 is 2.20 bits per heavy atom. The Morgan fingerprint density at radius 3 is 2.85 bits per heavy atom. The van der Waals surface area contributed by atoms with Gasteiger partial charge in [-0.2, -0.15) is 0 Å². The van der Waals surface area contributed by atoms with E-state index in [1.54, 1.807) is 17.7 Å². The van der Waals surface area contributed by atoms with Crippen LogP contribution in [0.15, 0.2) is 12.1 Å². The van der Waals surface area contributed by atoms with Crippen molar-refractivity contribution < 1.29 is 4.39 Å². The molecule has 5 nitrogen and oxygen atoms in total. The van der Waals surface area contributed by atoms with Gasteiger partial charge in [0, 0.05) is 23.4 Å². The minimum absolute atomic E-state index is 0.329. The first-order valence-electron chi connectivity index (χ1n) is 6.88. The fourth-order valence-corrected chi connectivity index (χ4v) is 2.45. The quantitative estimate of drug-likeness (QED) is 0.870. The lowest BCUT2D eigenvalue weighted by Crippen LogP contribution is -2.12. The molecule has 1 aliphatic rings. The first-order valence-corrected chi connectivity index (χ1v) is 6.88. The number of hydrogen-bond acceptors (Lipinski definition) is 4. The molecule has 0 aliphatic heterocycles. The summed E-state index contributed by atoms with van der Waals surface area (Å²) in [5.74, 6) is 1.55. The first-order chi connectivity index (χ1) is 9.56. The molecule has 0 spiro atoms. The number of tetrazole rings is 1. The molecule has 6 heteroatoms. The molecule has 1 atom stereocenters. The fraction of sp³-hybridized carbons (Fsp3) is 0.500. The van der Waals surface area contributed by atoms with Gasteiger partial charge in [-0.25, -0.2) is 9.07 Å². The van der Waals surface area contributed by atoms with Crippen LogP contribution in [0.1, 0.15) is 25.3 Å². The van der Waals surface area contributed by atoms with Crippen LogP contribution >= 0.6 is 0 Å². The van der Waals surface area contributed by atoms with Gasteiger partial charge in [0.25, 0.3) is 0 Å². The summed E-state index contributed by atoms with van der Waals surface area (Å²) in [6, 6.07) is 3.16. The van der Waals surface area contributed by atoms with Gasteiger partial charge in [0.05, 0.1) is 0 Å². The van der Waals surface area contributed by atoms with Gasteiger partial charge in [0.2, 0.25) is 0 Å². The topological polar surface area (TPSA) is 69.6 Å². The van der Waals surface area contributed by atoms with Gasteiger partial charge in [0.15, 0.2) is 5.82 Å². The zero-order valence-electron chi connectivity index (χ0n) is 11.7. The number of nitrogens with zero attached hydrogens (tertiary/aromatic N) is 4. The summed E-state index contributed by atoms with van der Waals surface area (Å²) in [5.41, 5.74) is 7.32. The molecule has 1 saturated carbocycles. The van der Waals surface area contributed by atoms with Crippen LogP contribution in [0.4, 0.5) is 10.1 Å². The van der Waals surface area contributed by atoms with E-state index >= 15 is 0 Å². The summed E-state index contributed by atoms with van der Waals surface area (Å²) < 4.78 is 15.5. The van der Waals surface area contributed by atoms with Crippen LogP contribution in [0.2, 0.25) is 0 Å². The average molecular weight is 275 g/mol. The van der Waals surface area contributed by atoms with E-state index in [4.69, 9.17) is 5.73 Å². The molecule has 1 fully saturated rings. The van der Waals surface area contributed by atoms with Crippen molar-refractivity contribution in [3.8, 4) is 11.4 Å². The number of benzene rings is 1. The summed E-state index contributed by atoms with van der Waals surface area (Å²) in [6.07, 6.45) is 2.56. The maximum absolute atomic E-state index is 13.8. The number of nitrogens with two attached hydrogens (primary N) is 1. The van der Waals surface area contributed by atoms with Crippen LogP contribution in [0.3, 0.4) is 0 Å². The molecule has 106 valence electrons. The van der Waals surface area contributed by atoms with Crippen molar-refractivity contribution in [1.29, 1.82) is 0 Å². The van der Waals surface area contributed by atoms with E-state index in [9.17, 15) is 4.39 Å². The van der Waals surface area contributed by atoms with E-state index in [0.29, 0.717) is 28.6 Å². The summed E-state index contributed by atoms with van der Waals surface area (Å²) in [7, 11) is 0. The van der Waals surface area contributed by atoms with Gasteiger partial charge in [-0.1, -0.05) is 6.92 Å². The SMILES string of the molecule is Cc1c(N)cc(-c2nnnn2CC(C)C2CC2)cc1F. The molecule has 1 aromatic carbocycles. The molecular weight excluding hydrogens is 257 g/mol. The third-order valence-electron chi connectivity index (χ3n) is 4.06. The maximum atomic E-state index is 13.8. The number of halogens is 1. The van der Waals surface area contributed by atoms with Crippen molar-refractivity contribution in [2.75, 3.05) is 5.73 Å². The highest BCUT2D eigenvalue weighted by Gasteiger charge is 2.29. The summed E-state index contributed by atoms with van der Waals surface area (Å²) in [4.78, 5) is 0. The van der Waals surface area contributed by atoms with E-state index in [-0.39, 0.29) is 5.82 Å². The number of rotatable bonds is 4. The Hall–Kier alpha value is -1.98. The molecule has 20 heavy (non-hydrogen) atoms. The highest BCUT2D eigenvalue weighted by Crippen LogP contribution is 2.37. The molecule has 0 bridgehead atoms. The van der Waals surface area contributed by atoms with Gasteiger partial charge >= 0.3 is 0 Å². The minimum Gasteiger partial charge on any atom is -0.398 e. The van der Waals surface area contributed by atoms with Crippen LogP contribution in [-0.2, 0) is 6.54 Å². The monoisotopic (exact) mass is 275 g/mol. The van der Waals surface area contributed by atoms with Gasteiger partial charge in [-0.3, -0.25) is 0 Å². The molecule has 2 N–H and O–H groups in total. The summed E-state index contributed by atoms with van der Waals surface area (Å²) in [5, 5.41) is 11.7. The standard InChI is InChI=1S/C14H18FN5/c1-8(10-3-4-10)7-20-14(17-18-19-20)11-5-12(15)9(2)13(16)6-11/h5-6,8,10H,3-4,7,16H2,1-2H3. The largest absolute Gasteiger partial charge is 0.398 e. The summed E-state index contributed by atoms with van der Waals surface area (Å²) >= 11 is 0. The zero-order chi connectivity index (χ0) is 14.3. The average Bonchev–Trinajstić information content (AvgIpc) is 3.16. The van der Waals surface area contributed by atoms with E-state index in [0.717, 1.165) is 12.5 Å². The van der Waals surface area contributed by atoms with E-state index < -0.39 is 0 Å². The van der Waals surface area contributed by atoms with Crippen LogP contribution in [0.25, 0.3) is 11.4 Å². The molecule has 1 unspecified atom stereocenters. The lowest BCUT2D eigenvalue weighted by atomic mass is 10.1. The van der Waals surface area contributed by atoms with Gasteiger partial charge < -0.3 is 5.73 Å². The Balaban J connectivity index is 1.92. The van der Waals surface area contributed by atoms with E-state index in [1.165, 1.54) is 18.9 Å². The number of anilines is 1. The summed E-state index contributed by atoms with van der Waals surface area (Å²) in [6.45, 7) is 4.61. The Morgan fingerprint density at radius 1 is 1.45 bits per heavy atom. The predicted molar refractivity (Wildman–Crippen MR) is 74.2 cm³/mol. The van der Waals surface area contributed by atoms with E-state index in [2.05, 4.69) is 22.4 Å². The smallest absolute Gasteiger partial charge is 0.182 e.